The standard InChI is InChI=1S/C16H16N2O2S2/c1-3-10-18-15(20)13(14(19)17(4-2)16(18)21)9-5-7-12-8-6-11-22-12/h3,5-9,11H,1,4,10H2,2H3/b7-5+,13-9-. The van der Waals surface area contributed by atoms with E-state index in [0.29, 0.717) is 6.54 Å². The van der Waals surface area contributed by atoms with Crippen molar-refractivity contribution in [1.82, 2.24) is 9.80 Å². The van der Waals surface area contributed by atoms with E-state index in [2.05, 4.69) is 6.58 Å². The maximum atomic E-state index is 12.4. The smallest absolute Gasteiger partial charge is 0.265 e. The van der Waals surface area contributed by atoms with Crippen LogP contribution in [0.5, 0.6) is 0 Å². The molecule has 0 radical (unpaired) electrons. The maximum Gasteiger partial charge on any atom is 0.265 e. The van der Waals surface area contributed by atoms with Crippen LogP contribution < -0.4 is 0 Å². The van der Waals surface area contributed by atoms with Crippen LogP contribution in [0.15, 0.2) is 47.9 Å². The predicted octanol–water partition coefficient (Wildman–Crippen LogP) is 2.85. The fourth-order valence-corrected chi connectivity index (χ4v) is 3.04. The average Bonchev–Trinajstić information content (AvgIpc) is 3.01. The minimum Gasteiger partial charge on any atom is -0.285 e. The van der Waals surface area contributed by atoms with E-state index in [1.165, 1.54) is 9.80 Å². The summed E-state index contributed by atoms with van der Waals surface area (Å²) in [7, 11) is 0. The van der Waals surface area contributed by atoms with Crippen LogP contribution in [0.2, 0.25) is 0 Å². The number of thiophene rings is 1. The number of hydrogen-bond donors (Lipinski definition) is 0. The van der Waals surface area contributed by atoms with Crippen molar-refractivity contribution in [2.75, 3.05) is 13.1 Å². The van der Waals surface area contributed by atoms with Crippen LogP contribution in [0.1, 0.15) is 11.8 Å². The molecule has 0 spiro atoms. The van der Waals surface area contributed by atoms with Gasteiger partial charge in [-0.25, -0.2) is 0 Å². The van der Waals surface area contributed by atoms with Crippen LogP contribution in [0, 0.1) is 0 Å². The van der Waals surface area contributed by atoms with E-state index in [-0.39, 0.29) is 29.0 Å². The summed E-state index contributed by atoms with van der Waals surface area (Å²) in [4.78, 5) is 28.7. The Bertz CT molecular complexity index is 660. The van der Waals surface area contributed by atoms with Crippen LogP contribution in [0.25, 0.3) is 6.08 Å². The minimum atomic E-state index is -0.379. The summed E-state index contributed by atoms with van der Waals surface area (Å²) >= 11 is 6.80. The molecule has 0 atom stereocenters. The number of carbonyl (C=O) groups excluding carboxylic acids is 2. The first-order chi connectivity index (χ1) is 10.6. The number of allylic oxidation sites excluding steroid dienone is 2. The highest BCUT2D eigenvalue weighted by Crippen LogP contribution is 2.18. The van der Waals surface area contributed by atoms with E-state index in [4.69, 9.17) is 12.2 Å². The minimum absolute atomic E-state index is 0.116. The Hall–Kier alpha value is -2.05. The van der Waals surface area contributed by atoms with Crippen LogP contribution in [0.4, 0.5) is 0 Å². The topological polar surface area (TPSA) is 40.6 Å². The van der Waals surface area contributed by atoms with Gasteiger partial charge in [0.1, 0.15) is 5.57 Å². The van der Waals surface area contributed by atoms with Gasteiger partial charge in [-0.1, -0.05) is 18.2 Å². The Morgan fingerprint density at radius 2 is 2.05 bits per heavy atom. The number of thiocarbonyl (C=S) groups is 1. The lowest BCUT2D eigenvalue weighted by Crippen LogP contribution is -2.56. The van der Waals surface area contributed by atoms with Gasteiger partial charge in [0.05, 0.1) is 0 Å². The summed E-state index contributed by atoms with van der Waals surface area (Å²) in [5.74, 6) is -0.732. The van der Waals surface area contributed by atoms with Crippen molar-refractivity contribution in [1.29, 1.82) is 0 Å². The van der Waals surface area contributed by atoms with Gasteiger partial charge in [0.15, 0.2) is 5.11 Å². The number of nitrogens with zero attached hydrogens (tertiary/aromatic N) is 2. The summed E-state index contributed by atoms with van der Waals surface area (Å²) in [5, 5.41) is 2.20. The summed E-state index contributed by atoms with van der Waals surface area (Å²) in [5.41, 5.74) is 0.116. The molecule has 6 heteroatoms. The fraction of sp³-hybridized carbons (Fsp3) is 0.188. The molecule has 2 rings (SSSR count). The van der Waals surface area contributed by atoms with Crippen LogP contribution >= 0.6 is 23.6 Å². The monoisotopic (exact) mass is 332 g/mol. The molecule has 1 aliphatic rings. The first-order valence-corrected chi connectivity index (χ1v) is 8.09. The lowest BCUT2D eigenvalue weighted by molar-refractivity contribution is -0.133. The highest BCUT2D eigenvalue weighted by atomic mass is 32.1. The fourth-order valence-electron chi connectivity index (χ4n) is 2.04. The first kappa shape index (κ1) is 16.3. The molecule has 1 saturated heterocycles. The Kier molecular flexibility index (Phi) is 5.41. The number of carbonyl (C=O) groups is 2. The summed E-state index contributed by atoms with van der Waals surface area (Å²) in [6, 6.07) is 3.90. The van der Waals surface area contributed by atoms with Crippen LogP contribution in [-0.4, -0.2) is 39.8 Å². The lowest BCUT2D eigenvalue weighted by Gasteiger charge is -2.35. The van der Waals surface area contributed by atoms with Crippen molar-refractivity contribution >= 4 is 46.6 Å². The SMILES string of the molecule is C=CCN1C(=O)/C(=C\C=C\c2cccs2)C(=O)N(CC)C1=S. The molecule has 1 aliphatic heterocycles. The molecule has 2 heterocycles. The molecule has 22 heavy (non-hydrogen) atoms. The zero-order valence-electron chi connectivity index (χ0n) is 12.2. The van der Waals surface area contributed by atoms with Gasteiger partial charge in [0.25, 0.3) is 11.8 Å². The van der Waals surface area contributed by atoms with Crippen molar-refractivity contribution < 1.29 is 9.59 Å². The molecular weight excluding hydrogens is 316 g/mol. The van der Waals surface area contributed by atoms with Crippen LogP contribution in [0.3, 0.4) is 0 Å². The molecule has 2 amide bonds. The molecule has 1 aromatic heterocycles. The van der Waals surface area contributed by atoms with E-state index in [0.717, 1.165) is 4.88 Å². The molecule has 0 saturated carbocycles. The Balaban J connectivity index is 2.31. The quantitative estimate of drug-likeness (QED) is 0.360. The third-order valence-corrected chi connectivity index (χ3v) is 4.39. The third-order valence-electron chi connectivity index (χ3n) is 3.11. The highest BCUT2D eigenvalue weighted by Gasteiger charge is 2.37. The zero-order chi connectivity index (χ0) is 16.1. The van der Waals surface area contributed by atoms with Gasteiger partial charge >= 0.3 is 0 Å². The predicted molar refractivity (Wildman–Crippen MR) is 93.3 cm³/mol. The van der Waals surface area contributed by atoms with Crippen molar-refractivity contribution in [2.24, 2.45) is 0 Å². The van der Waals surface area contributed by atoms with Gasteiger partial charge in [-0.15, -0.1) is 17.9 Å². The largest absolute Gasteiger partial charge is 0.285 e. The molecule has 0 bridgehead atoms. The van der Waals surface area contributed by atoms with Crippen molar-refractivity contribution in [2.45, 2.75) is 6.92 Å². The second-order valence-corrected chi connectivity index (χ2v) is 5.84. The van der Waals surface area contributed by atoms with E-state index < -0.39 is 0 Å². The Labute approximate surface area is 139 Å². The molecular formula is C16H16N2O2S2. The zero-order valence-corrected chi connectivity index (χ0v) is 13.8. The molecule has 0 N–H and O–H groups in total. The van der Waals surface area contributed by atoms with Gasteiger partial charge in [-0.3, -0.25) is 19.4 Å². The maximum absolute atomic E-state index is 12.4. The van der Waals surface area contributed by atoms with E-state index in [1.54, 1.807) is 29.6 Å². The Morgan fingerprint density at radius 1 is 1.32 bits per heavy atom. The third kappa shape index (κ3) is 3.23. The van der Waals surface area contributed by atoms with Gasteiger partial charge in [-0.05, 0) is 42.7 Å². The molecule has 114 valence electrons. The normalized spacial score (nSPS) is 17.9. The van der Waals surface area contributed by atoms with Gasteiger partial charge < -0.3 is 0 Å². The van der Waals surface area contributed by atoms with Crippen molar-refractivity contribution in [3.63, 3.8) is 0 Å². The molecule has 4 nitrogen and oxygen atoms in total. The number of rotatable bonds is 5. The van der Waals surface area contributed by atoms with Gasteiger partial charge in [0.2, 0.25) is 0 Å². The average molecular weight is 332 g/mol. The van der Waals surface area contributed by atoms with Crippen molar-refractivity contribution in [3.05, 3.63) is 52.8 Å². The molecule has 0 aliphatic carbocycles. The second-order valence-electron chi connectivity index (χ2n) is 4.49. The summed E-state index contributed by atoms with van der Waals surface area (Å²) in [6.45, 7) is 6.16. The number of hydrogen-bond acceptors (Lipinski definition) is 4. The highest BCUT2D eigenvalue weighted by molar-refractivity contribution is 7.80. The molecule has 1 aromatic rings. The number of likely N-dealkylation sites (N-methyl/N-ethyl adjacent to an activating group) is 1. The van der Waals surface area contributed by atoms with Gasteiger partial charge in [0, 0.05) is 18.0 Å². The molecule has 0 aromatic carbocycles. The second kappa shape index (κ2) is 7.29. The van der Waals surface area contributed by atoms with Gasteiger partial charge in [-0.2, -0.15) is 0 Å². The molecule has 1 fully saturated rings. The van der Waals surface area contributed by atoms with Crippen molar-refractivity contribution in [3.8, 4) is 0 Å². The summed E-state index contributed by atoms with van der Waals surface area (Å²) in [6.07, 6.45) is 6.71. The molecule has 0 unspecified atom stereocenters. The summed E-state index contributed by atoms with van der Waals surface area (Å²) < 4.78 is 0. The van der Waals surface area contributed by atoms with E-state index in [1.807, 2.05) is 30.5 Å². The van der Waals surface area contributed by atoms with E-state index >= 15 is 0 Å². The first-order valence-electron chi connectivity index (χ1n) is 6.80. The Morgan fingerprint density at radius 3 is 2.64 bits per heavy atom. The van der Waals surface area contributed by atoms with E-state index in [9.17, 15) is 9.59 Å². The number of amides is 2. The lowest BCUT2D eigenvalue weighted by atomic mass is 10.1. The van der Waals surface area contributed by atoms with Crippen LogP contribution in [-0.2, 0) is 9.59 Å².